The summed E-state index contributed by atoms with van der Waals surface area (Å²) in [6.45, 7) is 10.4. The lowest BCUT2D eigenvalue weighted by atomic mass is 9.95. The number of benzene rings is 2. The van der Waals surface area contributed by atoms with E-state index in [9.17, 15) is 0 Å². The first-order valence-corrected chi connectivity index (χ1v) is 17.7. The summed E-state index contributed by atoms with van der Waals surface area (Å²) in [7, 11) is -1.38. The fourth-order valence-electron chi connectivity index (χ4n) is 4.81. The van der Waals surface area contributed by atoms with Gasteiger partial charge in [0.1, 0.15) is 19.9 Å². The first-order chi connectivity index (χ1) is 17.9. The molecule has 0 unspecified atom stereocenters. The van der Waals surface area contributed by atoms with E-state index in [4.69, 9.17) is 18.9 Å². The number of hydrogen-bond acceptors (Lipinski definition) is 4. The molecule has 2 aliphatic rings. The van der Waals surface area contributed by atoms with Crippen LogP contribution in [-0.4, -0.2) is 33.5 Å². The van der Waals surface area contributed by atoms with Crippen molar-refractivity contribution in [2.24, 2.45) is 0 Å². The van der Waals surface area contributed by atoms with Gasteiger partial charge in [-0.15, -0.1) is 5.54 Å². The average molecular weight is 521 g/mol. The Balaban J connectivity index is 1.22. The molecule has 200 valence electrons. The molecule has 0 aliphatic carbocycles. The van der Waals surface area contributed by atoms with Gasteiger partial charge < -0.3 is 18.9 Å². The highest BCUT2D eigenvalue weighted by Crippen LogP contribution is 2.38. The van der Waals surface area contributed by atoms with Crippen molar-refractivity contribution in [3.05, 3.63) is 65.2 Å². The minimum atomic E-state index is -1.38. The average Bonchev–Trinajstić information content (AvgIpc) is 2.91. The second-order valence-corrected chi connectivity index (χ2v) is 16.1. The number of unbranched alkanes of at least 4 members (excludes halogenated alkanes) is 5. The van der Waals surface area contributed by atoms with Crippen LogP contribution in [0.5, 0.6) is 5.75 Å². The summed E-state index contributed by atoms with van der Waals surface area (Å²) in [5, 5.41) is 0. The smallest absolute Gasteiger partial charge is 0.184 e. The maximum atomic E-state index is 6.42. The van der Waals surface area contributed by atoms with Gasteiger partial charge in [0.25, 0.3) is 0 Å². The summed E-state index contributed by atoms with van der Waals surface area (Å²) < 4.78 is 24.8. The molecule has 4 atom stereocenters. The van der Waals surface area contributed by atoms with Gasteiger partial charge in [-0.2, -0.15) is 0 Å². The lowest BCUT2D eigenvalue weighted by molar-refractivity contribution is -0.289. The Hall–Kier alpha value is -2.10. The molecule has 4 rings (SSSR count). The van der Waals surface area contributed by atoms with Gasteiger partial charge in [-0.1, -0.05) is 88.9 Å². The Morgan fingerprint density at radius 3 is 2.24 bits per heavy atom. The summed E-state index contributed by atoms with van der Waals surface area (Å²) in [4.78, 5) is 0. The largest absolute Gasteiger partial charge is 0.494 e. The second kappa shape index (κ2) is 13.6. The fourth-order valence-corrected chi connectivity index (χ4v) is 5.32. The molecule has 4 nitrogen and oxygen atoms in total. The zero-order valence-electron chi connectivity index (χ0n) is 23.1. The molecule has 0 spiro atoms. The van der Waals surface area contributed by atoms with Crippen LogP contribution in [0.25, 0.3) is 0 Å². The van der Waals surface area contributed by atoms with E-state index in [2.05, 4.69) is 86.6 Å². The molecule has 2 aromatic rings. The lowest BCUT2D eigenvalue weighted by Crippen LogP contribution is -2.45. The van der Waals surface area contributed by atoms with Gasteiger partial charge in [0, 0.05) is 11.1 Å². The molecule has 2 aliphatic heterocycles. The molecule has 37 heavy (non-hydrogen) atoms. The Kier molecular flexibility index (Phi) is 10.3. The van der Waals surface area contributed by atoms with Crippen LogP contribution < -0.4 is 4.74 Å². The second-order valence-electron chi connectivity index (χ2n) is 11.4. The van der Waals surface area contributed by atoms with Crippen molar-refractivity contribution in [3.63, 3.8) is 0 Å². The summed E-state index contributed by atoms with van der Waals surface area (Å²) >= 11 is 0. The van der Waals surface area contributed by atoms with Crippen molar-refractivity contribution in [3.8, 4) is 17.2 Å². The van der Waals surface area contributed by atoms with Gasteiger partial charge in [-0.05, 0) is 49.1 Å². The van der Waals surface area contributed by atoms with Crippen molar-refractivity contribution in [2.75, 3.05) is 13.2 Å². The molecular weight excluding hydrogens is 476 g/mol. The van der Waals surface area contributed by atoms with Crippen LogP contribution in [0.3, 0.4) is 0 Å². The molecule has 5 heteroatoms. The van der Waals surface area contributed by atoms with Crippen molar-refractivity contribution in [1.82, 2.24) is 0 Å². The highest BCUT2D eigenvalue weighted by atomic mass is 28.3. The van der Waals surface area contributed by atoms with Gasteiger partial charge in [0.15, 0.2) is 6.29 Å². The Morgan fingerprint density at radius 1 is 0.811 bits per heavy atom. The van der Waals surface area contributed by atoms with E-state index in [0.29, 0.717) is 6.61 Å². The van der Waals surface area contributed by atoms with Gasteiger partial charge in [0.2, 0.25) is 0 Å². The zero-order valence-corrected chi connectivity index (χ0v) is 24.1. The zero-order chi connectivity index (χ0) is 26.1. The van der Waals surface area contributed by atoms with Crippen LogP contribution in [0.15, 0.2) is 48.5 Å². The third kappa shape index (κ3) is 8.72. The monoisotopic (exact) mass is 520 g/mol. The molecule has 2 aromatic carbocycles. The van der Waals surface area contributed by atoms with Crippen LogP contribution >= 0.6 is 0 Å². The molecule has 0 bridgehead atoms. The fraction of sp³-hybridized carbons (Fsp3) is 0.562. The molecule has 0 saturated carbocycles. The number of ether oxygens (including phenoxy) is 4. The predicted molar refractivity (Wildman–Crippen MR) is 152 cm³/mol. The summed E-state index contributed by atoms with van der Waals surface area (Å²) in [5.41, 5.74) is 6.70. The molecule has 0 aromatic heterocycles. The molecule has 2 fully saturated rings. The van der Waals surface area contributed by atoms with Gasteiger partial charge in [-0.25, -0.2) is 0 Å². The van der Waals surface area contributed by atoms with E-state index >= 15 is 0 Å². The first kappa shape index (κ1) is 27.9. The van der Waals surface area contributed by atoms with Gasteiger partial charge in [-0.3, -0.25) is 0 Å². The van der Waals surface area contributed by atoms with Crippen LogP contribution in [0.1, 0.15) is 87.4 Å². The predicted octanol–water partition coefficient (Wildman–Crippen LogP) is 7.99. The molecule has 0 N–H and O–H groups in total. The van der Waals surface area contributed by atoms with Crippen LogP contribution in [0.4, 0.5) is 0 Å². The topological polar surface area (TPSA) is 36.9 Å². The van der Waals surface area contributed by atoms with E-state index < -0.39 is 8.07 Å². The minimum Gasteiger partial charge on any atom is -0.494 e. The van der Waals surface area contributed by atoms with Crippen molar-refractivity contribution < 1.29 is 18.9 Å². The van der Waals surface area contributed by atoms with Gasteiger partial charge >= 0.3 is 0 Å². The third-order valence-corrected chi connectivity index (χ3v) is 7.84. The van der Waals surface area contributed by atoms with E-state index in [-0.39, 0.29) is 24.6 Å². The minimum absolute atomic E-state index is 0.0412. The maximum absolute atomic E-state index is 6.42. The number of fused-ring (bicyclic) bond motifs is 1. The molecular formula is C32H44O4Si. The molecule has 0 radical (unpaired) electrons. The Bertz CT molecular complexity index is 1020. The quantitative estimate of drug-likeness (QED) is 0.181. The standard InChI is InChI=1S/C32H44O4Si/c1-5-6-7-8-9-10-22-33-28-17-15-26(16-18-28)29-19-20-30-31(35-29)24-34-32(36-30)27-13-11-25(12-14-27)21-23-37(2,3)4/h11-18,29-32H,5-10,19-20,22,24H2,1-4H3/t29-,30+,31-,32-/m1/s1. The summed E-state index contributed by atoms with van der Waals surface area (Å²) in [6.07, 6.45) is 9.31. The number of hydrogen-bond donors (Lipinski definition) is 0. The van der Waals surface area contributed by atoms with E-state index in [1.807, 2.05) is 0 Å². The molecule has 0 amide bonds. The number of rotatable bonds is 10. The van der Waals surface area contributed by atoms with E-state index in [1.54, 1.807) is 0 Å². The van der Waals surface area contributed by atoms with Crippen LogP contribution in [-0.2, 0) is 14.2 Å². The molecule has 2 saturated heterocycles. The van der Waals surface area contributed by atoms with Crippen LogP contribution in [0.2, 0.25) is 19.6 Å². The Labute approximate surface area is 225 Å². The van der Waals surface area contributed by atoms with Gasteiger partial charge in [0.05, 0.1) is 25.4 Å². The highest BCUT2D eigenvalue weighted by molar-refractivity contribution is 6.83. The third-order valence-electron chi connectivity index (χ3n) is 6.96. The van der Waals surface area contributed by atoms with Crippen LogP contribution in [0, 0.1) is 11.5 Å². The highest BCUT2D eigenvalue weighted by Gasteiger charge is 2.38. The lowest BCUT2D eigenvalue weighted by Gasteiger charge is -2.42. The summed E-state index contributed by atoms with van der Waals surface area (Å²) in [6, 6.07) is 16.7. The Morgan fingerprint density at radius 2 is 1.51 bits per heavy atom. The van der Waals surface area contributed by atoms with Crippen molar-refractivity contribution in [1.29, 1.82) is 0 Å². The molecule has 2 heterocycles. The van der Waals surface area contributed by atoms with Crippen molar-refractivity contribution in [2.45, 2.75) is 103 Å². The van der Waals surface area contributed by atoms with E-state index in [1.165, 1.54) is 37.7 Å². The normalized spacial score (nSPS) is 23.6. The first-order valence-electron chi connectivity index (χ1n) is 14.2. The van der Waals surface area contributed by atoms with Crippen molar-refractivity contribution >= 4 is 8.07 Å². The van der Waals surface area contributed by atoms with E-state index in [0.717, 1.165) is 42.7 Å². The maximum Gasteiger partial charge on any atom is 0.184 e. The SMILES string of the molecule is CCCCCCCCOc1ccc([C@H]2CC[C@@H]3O[C@H](c4ccc(C#C[Si](C)(C)C)cc4)OC[C@H]3O2)cc1. The summed E-state index contributed by atoms with van der Waals surface area (Å²) in [5.74, 6) is 4.25.